The molecule has 0 aliphatic carbocycles. The van der Waals surface area contributed by atoms with Crippen LogP contribution in [0.25, 0.3) is 0 Å². The Hall–Kier alpha value is -1.38. The van der Waals surface area contributed by atoms with E-state index in [1.165, 1.54) is 10.4 Å². The SMILES string of the molecule is CC(C)(C)[Si](OCCOCCOCCOCCOCCOCCOCCOCCOCCOCCOCCOCCOCCBr)(c1ccccc1)c1ccccc1. The van der Waals surface area contributed by atoms with E-state index in [0.717, 1.165) is 5.33 Å². The third kappa shape index (κ3) is 25.8. The summed E-state index contributed by atoms with van der Waals surface area (Å²) in [6, 6.07) is 21.3. The molecule has 328 valence electrons. The van der Waals surface area contributed by atoms with E-state index in [0.29, 0.717) is 165 Å². The molecule has 13 nitrogen and oxygen atoms in total. The third-order valence-electron chi connectivity index (χ3n) is 8.28. The maximum Gasteiger partial charge on any atom is 0.261 e. The van der Waals surface area contributed by atoms with E-state index < -0.39 is 8.32 Å². The maximum atomic E-state index is 6.85. The molecule has 0 saturated carbocycles. The normalized spacial score (nSPS) is 12.1. The van der Waals surface area contributed by atoms with Gasteiger partial charge in [-0.2, -0.15) is 0 Å². The highest BCUT2D eigenvalue weighted by Gasteiger charge is 2.50. The molecule has 0 spiro atoms. The van der Waals surface area contributed by atoms with Gasteiger partial charge in [0.05, 0.1) is 165 Å². The molecule has 0 unspecified atom stereocenters. The monoisotopic (exact) mass is 890 g/mol. The molecule has 0 radical (unpaired) electrons. The number of benzene rings is 2. The van der Waals surface area contributed by atoms with Gasteiger partial charge < -0.3 is 61.3 Å². The highest BCUT2D eigenvalue weighted by atomic mass is 79.9. The zero-order chi connectivity index (χ0) is 40.8. The first kappa shape index (κ1) is 51.8. The fourth-order valence-electron chi connectivity index (χ4n) is 5.59. The maximum absolute atomic E-state index is 6.85. The molecule has 0 atom stereocenters. The van der Waals surface area contributed by atoms with Crippen molar-refractivity contribution in [3.05, 3.63) is 60.7 Å². The molecule has 0 aliphatic rings. The molecule has 0 amide bonds. The van der Waals surface area contributed by atoms with E-state index >= 15 is 0 Å². The minimum absolute atomic E-state index is 0.0580. The molecule has 0 fully saturated rings. The summed E-state index contributed by atoms with van der Waals surface area (Å²) in [5, 5.41) is 3.31. The molecule has 0 N–H and O–H groups in total. The van der Waals surface area contributed by atoms with Gasteiger partial charge in [0.1, 0.15) is 0 Å². The molecule has 2 aromatic rings. The standard InChI is InChI=1S/C42H71BrO13Si/c1-42(2,3)57(40-10-6-4-7-11-40,41-12-8-5-9-13-41)56-39-38-55-37-36-54-35-34-53-33-32-52-31-30-51-29-28-50-27-26-49-25-24-48-23-22-47-21-20-46-19-18-45-17-16-44-15-14-43/h4-13H,14-39H2,1-3H3. The van der Waals surface area contributed by atoms with Crippen LogP contribution < -0.4 is 10.4 Å². The summed E-state index contributed by atoms with van der Waals surface area (Å²) < 4.78 is 73.2. The average Bonchev–Trinajstić information content (AvgIpc) is 3.22. The molecule has 0 saturated heterocycles. The van der Waals surface area contributed by atoms with Crippen LogP contribution in [0.4, 0.5) is 0 Å². The largest absolute Gasteiger partial charge is 0.405 e. The van der Waals surface area contributed by atoms with Crippen molar-refractivity contribution in [3.8, 4) is 0 Å². The third-order valence-corrected chi connectivity index (χ3v) is 13.6. The van der Waals surface area contributed by atoms with Gasteiger partial charge in [-0.05, 0) is 15.4 Å². The van der Waals surface area contributed by atoms with Crippen LogP contribution >= 0.6 is 15.9 Å². The summed E-state index contributed by atoms with van der Waals surface area (Å²) in [4.78, 5) is 0. The summed E-state index contributed by atoms with van der Waals surface area (Å²) in [5.74, 6) is 0. The quantitative estimate of drug-likeness (QED) is 0.0541. The molecule has 0 aromatic heterocycles. The number of halogens is 1. The van der Waals surface area contributed by atoms with Crippen LogP contribution in [-0.2, 0) is 61.3 Å². The van der Waals surface area contributed by atoms with Crippen molar-refractivity contribution >= 4 is 34.6 Å². The second-order valence-electron chi connectivity index (χ2n) is 13.5. The minimum Gasteiger partial charge on any atom is -0.405 e. The van der Waals surface area contributed by atoms with Gasteiger partial charge in [0.15, 0.2) is 0 Å². The predicted molar refractivity (Wildman–Crippen MR) is 227 cm³/mol. The zero-order valence-corrected chi connectivity index (χ0v) is 37.4. The van der Waals surface area contributed by atoms with E-state index in [1.54, 1.807) is 0 Å². The molecule has 2 aromatic carbocycles. The van der Waals surface area contributed by atoms with Crippen LogP contribution in [0.2, 0.25) is 5.04 Å². The summed E-state index contributed by atoms with van der Waals surface area (Å²) >= 11 is 3.31. The lowest BCUT2D eigenvalue weighted by Gasteiger charge is -2.43. The second-order valence-corrected chi connectivity index (χ2v) is 18.6. The highest BCUT2D eigenvalue weighted by Crippen LogP contribution is 2.36. The topological polar surface area (TPSA) is 120 Å². The smallest absolute Gasteiger partial charge is 0.261 e. The van der Waals surface area contributed by atoms with Crippen molar-refractivity contribution < 1.29 is 61.3 Å². The van der Waals surface area contributed by atoms with Crippen molar-refractivity contribution in [1.82, 2.24) is 0 Å². The average molecular weight is 892 g/mol. The molecule has 0 heterocycles. The molecular formula is C42H71BrO13Si. The van der Waals surface area contributed by atoms with Gasteiger partial charge >= 0.3 is 0 Å². The lowest BCUT2D eigenvalue weighted by Crippen LogP contribution is -2.66. The van der Waals surface area contributed by atoms with Crippen molar-refractivity contribution in [3.63, 3.8) is 0 Å². The fraction of sp³-hybridized carbons (Fsp3) is 0.714. The molecule has 57 heavy (non-hydrogen) atoms. The minimum atomic E-state index is -2.54. The first-order valence-corrected chi connectivity index (χ1v) is 23.3. The van der Waals surface area contributed by atoms with Gasteiger partial charge in [-0.15, -0.1) is 0 Å². The van der Waals surface area contributed by atoms with Gasteiger partial charge in [-0.3, -0.25) is 0 Å². The number of ether oxygens (including phenoxy) is 12. The number of alkyl halides is 1. The van der Waals surface area contributed by atoms with Crippen LogP contribution in [0.5, 0.6) is 0 Å². The summed E-state index contributed by atoms with van der Waals surface area (Å²) in [6.07, 6.45) is 0. The summed E-state index contributed by atoms with van der Waals surface area (Å²) in [6.45, 7) is 20.0. The van der Waals surface area contributed by atoms with Crippen LogP contribution in [-0.4, -0.2) is 179 Å². The Labute approximate surface area is 351 Å². The van der Waals surface area contributed by atoms with Crippen LogP contribution in [0.3, 0.4) is 0 Å². The van der Waals surface area contributed by atoms with E-state index in [2.05, 4.69) is 97.4 Å². The molecule has 0 bridgehead atoms. The first-order chi connectivity index (χ1) is 28.0. The van der Waals surface area contributed by atoms with Crippen LogP contribution in [0, 0.1) is 0 Å². The van der Waals surface area contributed by atoms with Gasteiger partial charge in [0.25, 0.3) is 8.32 Å². The summed E-state index contributed by atoms with van der Waals surface area (Å²) in [7, 11) is -2.54. The Morgan fingerprint density at radius 2 is 0.544 bits per heavy atom. The highest BCUT2D eigenvalue weighted by molar-refractivity contribution is 9.09. The van der Waals surface area contributed by atoms with Crippen molar-refractivity contribution in [2.45, 2.75) is 25.8 Å². The van der Waals surface area contributed by atoms with Crippen LogP contribution in [0.15, 0.2) is 60.7 Å². The molecule has 2 rings (SSSR count). The first-order valence-electron chi connectivity index (χ1n) is 20.3. The lowest BCUT2D eigenvalue weighted by molar-refractivity contribution is -0.0284. The predicted octanol–water partition coefficient (Wildman–Crippen LogP) is 4.16. The van der Waals surface area contributed by atoms with Gasteiger partial charge in [0, 0.05) is 5.33 Å². The zero-order valence-electron chi connectivity index (χ0n) is 34.8. The number of hydrogen-bond acceptors (Lipinski definition) is 13. The Morgan fingerprint density at radius 1 is 0.333 bits per heavy atom. The number of hydrogen-bond donors (Lipinski definition) is 0. The van der Waals surface area contributed by atoms with Gasteiger partial charge in [0.2, 0.25) is 0 Å². The fourth-order valence-corrected chi connectivity index (χ4v) is 10.4. The summed E-state index contributed by atoms with van der Waals surface area (Å²) in [5.41, 5.74) is 0. The van der Waals surface area contributed by atoms with Crippen molar-refractivity contribution in [2.75, 3.05) is 171 Å². The van der Waals surface area contributed by atoms with Crippen molar-refractivity contribution in [2.24, 2.45) is 0 Å². The Balaban J connectivity index is 1.27. The molecule has 0 aliphatic heterocycles. The molecular weight excluding hydrogens is 820 g/mol. The number of rotatable bonds is 41. The van der Waals surface area contributed by atoms with E-state index in [1.807, 2.05) is 0 Å². The van der Waals surface area contributed by atoms with Crippen molar-refractivity contribution in [1.29, 1.82) is 0 Å². The van der Waals surface area contributed by atoms with E-state index in [-0.39, 0.29) is 5.04 Å². The molecule has 15 heteroatoms. The second kappa shape index (κ2) is 36.5. The van der Waals surface area contributed by atoms with E-state index in [9.17, 15) is 0 Å². The van der Waals surface area contributed by atoms with Crippen LogP contribution in [0.1, 0.15) is 20.8 Å². The lowest BCUT2D eigenvalue weighted by atomic mass is 10.2. The Morgan fingerprint density at radius 3 is 0.754 bits per heavy atom. The Kier molecular flexibility index (Phi) is 33.1. The van der Waals surface area contributed by atoms with Gasteiger partial charge in [-0.1, -0.05) is 97.4 Å². The Bertz CT molecular complexity index is 1090. The van der Waals surface area contributed by atoms with E-state index in [4.69, 9.17) is 61.3 Å². The van der Waals surface area contributed by atoms with Gasteiger partial charge in [-0.25, -0.2) is 0 Å².